The molecule has 1 aliphatic rings. The highest BCUT2D eigenvalue weighted by Crippen LogP contribution is 2.34. The van der Waals surface area contributed by atoms with Crippen LogP contribution in [-0.2, 0) is 6.54 Å². The number of nitrogens with zero attached hydrogens (tertiary/aromatic N) is 2. The standard InChI is InChI=1S/C17H27N3O2/c1-18-17(20(2)3)19-12-13-8-7-11-15(21-4)16(13)22-14-9-5-6-10-14/h7-8,11,14H,5-6,9-10,12H2,1-4H3,(H,18,19). The van der Waals surface area contributed by atoms with E-state index in [0.717, 1.165) is 35.9 Å². The Bertz CT molecular complexity index is 509. The zero-order chi connectivity index (χ0) is 15.9. The third kappa shape index (κ3) is 4.06. The van der Waals surface area contributed by atoms with Crippen molar-refractivity contribution >= 4 is 5.96 Å². The molecule has 1 aromatic carbocycles. The van der Waals surface area contributed by atoms with E-state index >= 15 is 0 Å². The summed E-state index contributed by atoms with van der Waals surface area (Å²) in [5.41, 5.74) is 1.09. The van der Waals surface area contributed by atoms with Gasteiger partial charge in [-0.05, 0) is 31.7 Å². The van der Waals surface area contributed by atoms with E-state index in [2.05, 4.69) is 16.4 Å². The van der Waals surface area contributed by atoms with Gasteiger partial charge in [-0.1, -0.05) is 12.1 Å². The second-order valence-electron chi connectivity index (χ2n) is 5.77. The van der Waals surface area contributed by atoms with Crippen molar-refractivity contribution in [2.24, 2.45) is 4.99 Å². The number of aliphatic imine (C=N–C) groups is 1. The third-order valence-corrected chi connectivity index (χ3v) is 3.94. The maximum absolute atomic E-state index is 6.24. The fourth-order valence-electron chi connectivity index (χ4n) is 2.78. The lowest BCUT2D eigenvalue weighted by Gasteiger charge is -2.21. The highest BCUT2D eigenvalue weighted by Gasteiger charge is 2.20. The Labute approximate surface area is 133 Å². The minimum atomic E-state index is 0.309. The normalized spacial score (nSPS) is 15.7. The number of para-hydroxylation sites is 1. The molecule has 0 amide bonds. The molecule has 0 atom stereocenters. The van der Waals surface area contributed by atoms with Gasteiger partial charge in [0.05, 0.1) is 13.2 Å². The minimum Gasteiger partial charge on any atom is -0.493 e. The van der Waals surface area contributed by atoms with Gasteiger partial charge < -0.3 is 19.7 Å². The molecular formula is C17H27N3O2. The topological polar surface area (TPSA) is 46.1 Å². The highest BCUT2D eigenvalue weighted by molar-refractivity contribution is 5.79. The number of guanidine groups is 1. The zero-order valence-corrected chi connectivity index (χ0v) is 14.1. The third-order valence-electron chi connectivity index (χ3n) is 3.94. The number of ether oxygens (including phenoxy) is 2. The molecule has 0 aromatic heterocycles. The Morgan fingerprint density at radius 2 is 2.05 bits per heavy atom. The molecule has 0 bridgehead atoms. The fraction of sp³-hybridized carbons (Fsp3) is 0.588. The van der Waals surface area contributed by atoms with Gasteiger partial charge in [0, 0.05) is 33.3 Å². The van der Waals surface area contributed by atoms with Gasteiger partial charge in [-0.15, -0.1) is 0 Å². The van der Waals surface area contributed by atoms with Gasteiger partial charge in [0.15, 0.2) is 17.5 Å². The number of benzene rings is 1. The van der Waals surface area contributed by atoms with Gasteiger partial charge in [0.25, 0.3) is 0 Å². The number of rotatable bonds is 5. The molecule has 0 unspecified atom stereocenters. The maximum Gasteiger partial charge on any atom is 0.193 e. The van der Waals surface area contributed by atoms with Crippen molar-refractivity contribution in [2.45, 2.75) is 38.3 Å². The summed E-state index contributed by atoms with van der Waals surface area (Å²) >= 11 is 0. The number of hydrogen-bond donors (Lipinski definition) is 1. The molecule has 5 heteroatoms. The summed E-state index contributed by atoms with van der Waals surface area (Å²) in [7, 11) is 7.41. The molecule has 0 radical (unpaired) electrons. The summed E-state index contributed by atoms with van der Waals surface area (Å²) in [4.78, 5) is 6.19. The second kappa shape index (κ2) is 7.92. The van der Waals surface area contributed by atoms with Crippen LogP contribution in [-0.4, -0.2) is 45.2 Å². The van der Waals surface area contributed by atoms with Gasteiger partial charge in [-0.25, -0.2) is 0 Å². The van der Waals surface area contributed by atoms with Gasteiger partial charge >= 0.3 is 0 Å². The molecule has 22 heavy (non-hydrogen) atoms. The van der Waals surface area contributed by atoms with Crippen molar-refractivity contribution < 1.29 is 9.47 Å². The molecule has 5 nitrogen and oxygen atoms in total. The average molecular weight is 305 g/mol. The Morgan fingerprint density at radius 1 is 1.32 bits per heavy atom. The van der Waals surface area contributed by atoms with Crippen LogP contribution in [0.4, 0.5) is 0 Å². The second-order valence-corrected chi connectivity index (χ2v) is 5.77. The van der Waals surface area contributed by atoms with Gasteiger partial charge in [-0.2, -0.15) is 0 Å². The van der Waals surface area contributed by atoms with Crippen LogP contribution in [0.3, 0.4) is 0 Å². The zero-order valence-electron chi connectivity index (χ0n) is 14.1. The van der Waals surface area contributed by atoms with Crippen LogP contribution in [0.1, 0.15) is 31.2 Å². The number of nitrogens with one attached hydrogen (secondary N) is 1. The lowest BCUT2D eigenvalue weighted by atomic mass is 10.1. The van der Waals surface area contributed by atoms with Gasteiger partial charge in [0.2, 0.25) is 0 Å². The van der Waals surface area contributed by atoms with Crippen LogP contribution in [0.2, 0.25) is 0 Å². The van der Waals surface area contributed by atoms with E-state index in [1.54, 1.807) is 14.2 Å². The van der Waals surface area contributed by atoms with E-state index in [1.807, 2.05) is 31.1 Å². The lowest BCUT2D eigenvalue weighted by molar-refractivity contribution is 0.198. The Hall–Kier alpha value is -1.91. The first-order chi connectivity index (χ1) is 10.7. The molecule has 1 fully saturated rings. The number of hydrogen-bond acceptors (Lipinski definition) is 3. The first-order valence-electron chi connectivity index (χ1n) is 7.86. The predicted molar refractivity (Wildman–Crippen MR) is 89.8 cm³/mol. The molecule has 0 spiro atoms. The van der Waals surface area contributed by atoms with Crippen LogP contribution >= 0.6 is 0 Å². The van der Waals surface area contributed by atoms with Crippen LogP contribution in [0.15, 0.2) is 23.2 Å². The molecule has 1 aromatic rings. The quantitative estimate of drug-likeness (QED) is 0.671. The Kier molecular flexibility index (Phi) is 5.92. The lowest BCUT2D eigenvalue weighted by Crippen LogP contribution is -2.35. The Morgan fingerprint density at radius 3 is 2.64 bits per heavy atom. The first kappa shape index (κ1) is 16.5. The molecule has 1 saturated carbocycles. The van der Waals surface area contributed by atoms with Crippen LogP contribution in [0.25, 0.3) is 0 Å². The van der Waals surface area contributed by atoms with E-state index in [-0.39, 0.29) is 0 Å². The van der Waals surface area contributed by atoms with E-state index < -0.39 is 0 Å². The van der Waals surface area contributed by atoms with Gasteiger partial charge in [0.1, 0.15) is 0 Å². The Balaban J connectivity index is 2.15. The number of methoxy groups -OCH3 is 1. The van der Waals surface area contributed by atoms with E-state index in [1.165, 1.54) is 12.8 Å². The summed E-state index contributed by atoms with van der Waals surface area (Å²) in [6.07, 6.45) is 5.07. The van der Waals surface area contributed by atoms with Crippen molar-refractivity contribution in [3.63, 3.8) is 0 Å². The first-order valence-corrected chi connectivity index (χ1v) is 7.86. The summed E-state index contributed by atoms with van der Waals surface area (Å²) in [6, 6.07) is 6.02. The fourth-order valence-corrected chi connectivity index (χ4v) is 2.78. The summed E-state index contributed by atoms with van der Waals surface area (Å²) in [5, 5.41) is 3.34. The van der Waals surface area contributed by atoms with Crippen LogP contribution in [0.5, 0.6) is 11.5 Å². The predicted octanol–water partition coefficient (Wildman–Crippen LogP) is 2.65. The van der Waals surface area contributed by atoms with Crippen molar-refractivity contribution in [3.8, 4) is 11.5 Å². The van der Waals surface area contributed by atoms with E-state index in [0.29, 0.717) is 12.6 Å². The molecule has 0 aliphatic heterocycles. The monoisotopic (exact) mass is 305 g/mol. The van der Waals surface area contributed by atoms with Crippen LogP contribution in [0, 0.1) is 0 Å². The van der Waals surface area contributed by atoms with Crippen molar-refractivity contribution in [1.29, 1.82) is 0 Å². The van der Waals surface area contributed by atoms with Crippen molar-refractivity contribution in [3.05, 3.63) is 23.8 Å². The SMILES string of the molecule is CN=C(NCc1cccc(OC)c1OC1CCCC1)N(C)C. The molecule has 1 aliphatic carbocycles. The largest absolute Gasteiger partial charge is 0.493 e. The van der Waals surface area contributed by atoms with Crippen molar-refractivity contribution in [2.75, 3.05) is 28.3 Å². The maximum atomic E-state index is 6.24. The molecule has 0 heterocycles. The van der Waals surface area contributed by atoms with E-state index in [9.17, 15) is 0 Å². The summed E-state index contributed by atoms with van der Waals surface area (Å²) in [6.45, 7) is 0.657. The highest BCUT2D eigenvalue weighted by atomic mass is 16.5. The molecule has 1 N–H and O–H groups in total. The van der Waals surface area contributed by atoms with Crippen molar-refractivity contribution in [1.82, 2.24) is 10.2 Å². The van der Waals surface area contributed by atoms with Gasteiger partial charge in [-0.3, -0.25) is 4.99 Å². The summed E-state index contributed by atoms with van der Waals surface area (Å²) in [5.74, 6) is 2.50. The molecule has 0 saturated heterocycles. The average Bonchev–Trinajstić information content (AvgIpc) is 3.01. The smallest absolute Gasteiger partial charge is 0.193 e. The summed E-state index contributed by atoms with van der Waals surface area (Å²) < 4.78 is 11.7. The van der Waals surface area contributed by atoms with E-state index in [4.69, 9.17) is 9.47 Å². The molecule has 2 rings (SSSR count). The minimum absolute atomic E-state index is 0.309. The van der Waals surface area contributed by atoms with Crippen LogP contribution < -0.4 is 14.8 Å². The molecular weight excluding hydrogens is 278 g/mol. The molecule has 122 valence electrons.